The third-order valence-electron chi connectivity index (χ3n) is 2.82. The van der Waals surface area contributed by atoms with E-state index in [9.17, 15) is 8.42 Å². The zero-order valence-corrected chi connectivity index (χ0v) is 12.3. The van der Waals surface area contributed by atoms with Gasteiger partial charge in [0, 0.05) is 17.8 Å². The standard InChI is InChI=1S/C13H18N4O2S/c1-10(2)17-13(7-8-15-17)16-20(18,19)9-11-5-3-4-6-12(11)14/h3-8,10,16H,9,14H2,1-2H3. The molecule has 1 heterocycles. The fraction of sp³-hybridized carbons (Fsp3) is 0.308. The minimum atomic E-state index is -3.53. The molecule has 0 amide bonds. The molecule has 0 radical (unpaired) electrons. The second kappa shape index (κ2) is 5.54. The summed E-state index contributed by atoms with van der Waals surface area (Å²) in [6, 6.07) is 8.62. The molecule has 0 aliphatic rings. The Morgan fingerprint density at radius 2 is 2.00 bits per heavy atom. The second-order valence-electron chi connectivity index (χ2n) is 4.81. The Morgan fingerprint density at radius 1 is 1.30 bits per heavy atom. The van der Waals surface area contributed by atoms with Crippen molar-refractivity contribution in [3.8, 4) is 0 Å². The highest BCUT2D eigenvalue weighted by Gasteiger charge is 2.16. The second-order valence-corrected chi connectivity index (χ2v) is 6.54. The number of nitrogens with two attached hydrogens (primary N) is 1. The molecule has 0 unspecified atom stereocenters. The molecular weight excluding hydrogens is 276 g/mol. The molecule has 0 saturated carbocycles. The molecule has 3 N–H and O–H groups in total. The predicted molar refractivity (Wildman–Crippen MR) is 79.7 cm³/mol. The molecule has 1 aromatic heterocycles. The summed E-state index contributed by atoms with van der Waals surface area (Å²) >= 11 is 0. The fourth-order valence-electron chi connectivity index (χ4n) is 1.87. The first-order valence-electron chi connectivity index (χ1n) is 6.26. The van der Waals surface area contributed by atoms with Crippen molar-refractivity contribution in [2.24, 2.45) is 0 Å². The van der Waals surface area contributed by atoms with E-state index < -0.39 is 10.0 Å². The van der Waals surface area contributed by atoms with E-state index in [1.807, 2.05) is 13.8 Å². The van der Waals surface area contributed by atoms with E-state index in [-0.39, 0.29) is 11.8 Å². The van der Waals surface area contributed by atoms with Crippen molar-refractivity contribution in [3.63, 3.8) is 0 Å². The van der Waals surface area contributed by atoms with Gasteiger partial charge in [-0.3, -0.25) is 4.72 Å². The summed E-state index contributed by atoms with van der Waals surface area (Å²) in [5.41, 5.74) is 6.82. The van der Waals surface area contributed by atoms with E-state index in [0.717, 1.165) is 0 Å². The van der Waals surface area contributed by atoms with Crippen LogP contribution in [0.25, 0.3) is 0 Å². The van der Waals surface area contributed by atoms with Gasteiger partial charge in [-0.05, 0) is 25.5 Å². The summed E-state index contributed by atoms with van der Waals surface area (Å²) in [4.78, 5) is 0. The molecule has 2 rings (SSSR count). The fourth-order valence-corrected chi connectivity index (χ4v) is 3.10. The Balaban J connectivity index is 2.20. The van der Waals surface area contributed by atoms with Crippen LogP contribution < -0.4 is 10.5 Å². The van der Waals surface area contributed by atoms with E-state index in [0.29, 0.717) is 17.1 Å². The van der Waals surface area contributed by atoms with E-state index in [2.05, 4.69) is 9.82 Å². The van der Waals surface area contributed by atoms with Gasteiger partial charge in [-0.15, -0.1) is 0 Å². The lowest BCUT2D eigenvalue weighted by molar-refractivity contribution is 0.539. The Kier molecular flexibility index (Phi) is 3.99. The number of sulfonamides is 1. The highest BCUT2D eigenvalue weighted by Crippen LogP contribution is 2.18. The first kappa shape index (κ1) is 14.4. The number of aromatic nitrogens is 2. The monoisotopic (exact) mass is 294 g/mol. The molecule has 0 aliphatic carbocycles. The number of rotatable bonds is 5. The highest BCUT2D eigenvalue weighted by molar-refractivity contribution is 7.91. The SMILES string of the molecule is CC(C)n1nccc1NS(=O)(=O)Cc1ccccc1N. The van der Waals surface area contributed by atoms with Gasteiger partial charge in [0.2, 0.25) is 10.0 Å². The van der Waals surface area contributed by atoms with Gasteiger partial charge in [-0.1, -0.05) is 18.2 Å². The maximum Gasteiger partial charge on any atom is 0.238 e. The molecule has 2 aromatic rings. The molecule has 20 heavy (non-hydrogen) atoms. The van der Waals surface area contributed by atoms with E-state index in [1.54, 1.807) is 41.2 Å². The minimum Gasteiger partial charge on any atom is -0.398 e. The summed E-state index contributed by atoms with van der Waals surface area (Å²) in [6.45, 7) is 3.86. The lowest BCUT2D eigenvalue weighted by atomic mass is 10.2. The molecular formula is C13H18N4O2S. The lowest BCUT2D eigenvalue weighted by Gasteiger charge is -2.13. The molecule has 6 nitrogen and oxygen atoms in total. The lowest BCUT2D eigenvalue weighted by Crippen LogP contribution is -2.19. The Morgan fingerprint density at radius 3 is 2.65 bits per heavy atom. The average molecular weight is 294 g/mol. The zero-order valence-electron chi connectivity index (χ0n) is 11.4. The first-order valence-corrected chi connectivity index (χ1v) is 7.91. The van der Waals surface area contributed by atoms with Crippen LogP contribution in [0.1, 0.15) is 25.5 Å². The molecule has 0 aliphatic heterocycles. The van der Waals surface area contributed by atoms with Gasteiger partial charge < -0.3 is 5.73 Å². The average Bonchev–Trinajstić information content (AvgIpc) is 2.79. The Bertz CT molecular complexity index is 692. The molecule has 1 aromatic carbocycles. The normalized spacial score (nSPS) is 11.8. The van der Waals surface area contributed by atoms with E-state index >= 15 is 0 Å². The van der Waals surface area contributed by atoms with Crippen LogP contribution in [0.4, 0.5) is 11.5 Å². The molecule has 0 saturated heterocycles. The number of nitrogens with one attached hydrogen (secondary N) is 1. The van der Waals surface area contributed by atoms with Crippen LogP contribution in [-0.2, 0) is 15.8 Å². The van der Waals surface area contributed by atoms with Crippen LogP contribution in [0.15, 0.2) is 36.5 Å². The Hall–Kier alpha value is -2.02. The highest BCUT2D eigenvalue weighted by atomic mass is 32.2. The van der Waals surface area contributed by atoms with Crippen molar-refractivity contribution in [3.05, 3.63) is 42.1 Å². The molecule has 0 fully saturated rings. The van der Waals surface area contributed by atoms with Crippen molar-refractivity contribution in [1.82, 2.24) is 9.78 Å². The van der Waals surface area contributed by atoms with Crippen molar-refractivity contribution in [2.45, 2.75) is 25.6 Å². The molecule has 0 atom stereocenters. The maximum atomic E-state index is 12.2. The summed E-state index contributed by atoms with van der Waals surface area (Å²) in [5.74, 6) is 0.290. The number of nitrogen functional groups attached to an aromatic ring is 1. The third-order valence-corrected chi connectivity index (χ3v) is 4.03. The van der Waals surface area contributed by atoms with Gasteiger partial charge in [0.15, 0.2) is 0 Å². The van der Waals surface area contributed by atoms with E-state index in [1.165, 1.54) is 0 Å². The van der Waals surface area contributed by atoms with Crippen molar-refractivity contribution in [2.75, 3.05) is 10.5 Å². The third kappa shape index (κ3) is 3.30. The molecule has 0 spiro atoms. The number of hydrogen-bond acceptors (Lipinski definition) is 4. The number of para-hydroxylation sites is 1. The van der Waals surface area contributed by atoms with Crippen LogP contribution in [0.2, 0.25) is 0 Å². The summed E-state index contributed by atoms with van der Waals surface area (Å²) in [5, 5.41) is 4.09. The van der Waals surface area contributed by atoms with Gasteiger partial charge >= 0.3 is 0 Å². The number of anilines is 2. The van der Waals surface area contributed by atoms with Gasteiger partial charge in [0.05, 0.1) is 11.9 Å². The van der Waals surface area contributed by atoms with Crippen molar-refractivity contribution < 1.29 is 8.42 Å². The van der Waals surface area contributed by atoms with Crippen molar-refractivity contribution >= 4 is 21.5 Å². The maximum absolute atomic E-state index is 12.2. The summed E-state index contributed by atoms with van der Waals surface area (Å²) in [7, 11) is -3.53. The molecule has 7 heteroatoms. The van der Waals surface area contributed by atoms with Crippen LogP contribution in [-0.4, -0.2) is 18.2 Å². The quantitative estimate of drug-likeness (QED) is 0.825. The number of hydrogen-bond donors (Lipinski definition) is 2. The predicted octanol–water partition coefficient (Wildman–Crippen LogP) is 1.99. The smallest absolute Gasteiger partial charge is 0.238 e. The summed E-state index contributed by atoms with van der Waals surface area (Å²) < 4.78 is 28.5. The van der Waals surface area contributed by atoms with Gasteiger partial charge in [0.1, 0.15) is 5.82 Å². The summed E-state index contributed by atoms with van der Waals surface area (Å²) in [6.07, 6.45) is 1.56. The van der Waals surface area contributed by atoms with Gasteiger partial charge in [-0.2, -0.15) is 5.10 Å². The van der Waals surface area contributed by atoms with Crippen molar-refractivity contribution in [1.29, 1.82) is 0 Å². The van der Waals surface area contributed by atoms with Gasteiger partial charge in [0.25, 0.3) is 0 Å². The zero-order chi connectivity index (χ0) is 14.8. The van der Waals surface area contributed by atoms with Crippen LogP contribution in [0.3, 0.4) is 0 Å². The van der Waals surface area contributed by atoms with Crippen LogP contribution in [0.5, 0.6) is 0 Å². The Labute approximate surface area is 118 Å². The first-order chi connectivity index (χ1) is 9.39. The van der Waals surface area contributed by atoms with Crippen LogP contribution >= 0.6 is 0 Å². The largest absolute Gasteiger partial charge is 0.398 e. The molecule has 108 valence electrons. The topological polar surface area (TPSA) is 90.0 Å². The number of benzene rings is 1. The minimum absolute atomic E-state index is 0.0736. The molecule has 0 bridgehead atoms. The van der Waals surface area contributed by atoms with E-state index in [4.69, 9.17) is 5.73 Å². The van der Waals surface area contributed by atoms with Gasteiger partial charge in [-0.25, -0.2) is 13.1 Å². The van der Waals surface area contributed by atoms with Crippen LogP contribution in [0, 0.1) is 0 Å². The number of nitrogens with zero attached hydrogens (tertiary/aromatic N) is 2.